The highest BCUT2D eigenvalue weighted by Gasteiger charge is 2.10. The van der Waals surface area contributed by atoms with Gasteiger partial charge >= 0.3 is 0 Å². The van der Waals surface area contributed by atoms with E-state index >= 15 is 0 Å². The monoisotopic (exact) mass is 238 g/mol. The summed E-state index contributed by atoms with van der Waals surface area (Å²) in [6, 6.07) is 4.72. The summed E-state index contributed by atoms with van der Waals surface area (Å²) in [5.41, 5.74) is 6.68. The van der Waals surface area contributed by atoms with E-state index in [9.17, 15) is 10.1 Å². The van der Waals surface area contributed by atoms with Crippen LogP contribution in [0.3, 0.4) is 0 Å². The number of nitrogens with two attached hydrogens (primary N) is 1. The van der Waals surface area contributed by atoms with Crippen LogP contribution in [0.2, 0.25) is 0 Å². The van der Waals surface area contributed by atoms with E-state index in [1.54, 1.807) is 6.07 Å². The Hall–Kier alpha value is -1.82. The Morgan fingerprint density at radius 1 is 1.47 bits per heavy atom. The van der Waals surface area contributed by atoms with Crippen LogP contribution in [0.5, 0.6) is 0 Å². The highest BCUT2D eigenvalue weighted by atomic mass is 16.6. The molecule has 17 heavy (non-hydrogen) atoms. The molecule has 6 nitrogen and oxygen atoms in total. The second kappa shape index (κ2) is 5.49. The summed E-state index contributed by atoms with van der Waals surface area (Å²) in [5.74, 6) is 0. The SMILES string of the molecule is CC(CN(C)C)Nc1cc(N)cc([N+](=O)[O-])c1. The van der Waals surface area contributed by atoms with Gasteiger partial charge in [0.1, 0.15) is 0 Å². The molecule has 0 aromatic heterocycles. The normalized spacial score (nSPS) is 12.5. The largest absolute Gasteiger partial charge is 0.398 e. The van der Waals surface area contributed by atoms with Gasteiger partial charge in [0.05, 0.1) is 4.92 Å². The molecule has 1 unspecified atom stereocenters. The maximum Gasteiger partial charge on any atom is 0.273 e. The molecular formula is C11H18N4O2. The van der Waals surface area contributed by atoms with Crippen LogP contribution in [-0.4, -0.2) is 36.5 Å². The van der Waals surface area contributed by atoms with Crippen molar-refractivity contribution in [3.63, 3.8) is 0 Å². The number of likely N-dealkylation sites (N-methyl/N-ethyl adjacent to an activating group) is 1. The molecule has 1 aromatic carbocycles. The van der Waals surface area contributed by atoms with Gasteiger partial charge in [-0.1, -0.05) is 0 Å². The number of nitro benzene ring substituents is 1. The number of benzene rings is 1. The summed E-state index contributed by atoms with van der Waals surface area (Å²) >= 11 is 0. The Kier molecular flexibility index (Phi) is 4.28. The molecule has 0 aliphatic carbocycles. The summed E-state index contributed by atoms with van der Waals surface area (Å²) in [6.07, 6.45) is 0. The highest BCUT2D eigenvalue weighted by Crippen LogP contribution is 2.22. The molecule has 0 radical (unpaired) electrons. The summed E-state index contributed by atoms with van der Waals surface area (Å²) in [5, 5.41) is 13.9. The minimum atomic E-state index is -0.446. The van der Waals surface area contributed by atoms with Gasteiger partial charge in [-0.2, -0.15) is 0 Å². The van der Waals surface area contributed by atoms with Crippen molar-refractivity contribution in [2.24, 2.45) is 0 Å². The summed E-state index contributed by atoms with van der Waals surface area (Å²) in [6.45, 7) is 2.84. The van der Waals surface area contributed by atoms with E-state index in [2.05, 4.69) is 5.32 Å². The molecule has 0 heterocycles. The number of non-ortho nitro benzene ring substituents is 1. The Morgan fingerprint density at radius 3 is 2.65 bits per heavy atom. The number of nitrogens with one attached hydrogen (secondary N) is 1. The molecule has 94 valence electrons. The van der Waals surface area contributed by atoms with Crippen molar-refractivity contribution in [2.75, 3.05) is 31.7 Å². The van der Waals surface area contributed by atoms with E-state index < -0.39 is 4.92 Å². The zero-order chi connectivity index (χ0) is 13.0. The first kappa shape index (κ1) is 13.2. The van der Waals surface area contributed by atoms with E-state index in [1.165, 1.54) is 12.1 Å². The maximum atomic E-state index is 10.7. The molecule has 0 fully saturated rings. The van der Waals surface area contributed by atoms with Gasteiger partial charge in [-0.15, -0.1) is 0 Å². The van der Waals surface area contributed by atoms with Crippen LogP contribution in [0.25, 0.3) is 0 Å². The predicted molar refractivity (Wildman–Crippen MR) is 69.1 cm³/mol. The zero-order valence-corrected chi connectivity index (χ0v) is 10.3. The van der Waals surface area contributed by atoms with Gasteiger partial charge in [0.15, 0.2) is 0 Å². The minimum Gasteiger partial charge on any atom is -0.398 e. The van der Waals surface area contributed by atoms with E-state index in [-0.39, 0.29) is 11.7 Å². The smallest absolute Gasteiger partial charge is 0.273 e. The fourth-order valence-corrected chi connectivity index (χ4v) is 1.70. The first-order chi connectivity index (χ1) is 7.88. The molecule has 6 heteroatoms. The predicted octanol–water partition coefficient (Wildman–Crippen LogP) is 1.54. The highest BCUT2D eigenvalue weighted by molar-refractivity contribution is 5.61. The van der Waals surface area contributed by atoms with Crippen molar-refractivity contribution in [2.45, 2.75) is 13.0 Å². The molecule has 0 amide bonds. The average Bonchev–Trinajstić information content (AvgIpc) is 2.14. The van der Waals surface area contributed by atoms with Crippen molar-refractivity contribution in [3.8, 4) is 0 Å². The number of nitrogen functional groups attached to an aromatic ring is 1. The lowest BCUT2D eigenvalue weighted by Crippen LogP contribution is -2.29. The number of hydrogen-bond donors (Lipinski definition) is 2. The lowest BCUT2D eigenvalue weighted by atomic mass is 10.2. The third kappa shape index (κ3) is 4.28. The van der Waals surface area contributed by atoms with Crippen LogP contribution in [0.4, 0.5) is 17.1 Å². The average molecular weight is 238 g/mol. The van der Waals surface area contributed by atoms with Crippen molar-refractivity contribution in [1.82, 2.24) is 4.90 Å². The van der Waals surface area contributed by atoms with E-state index in [4.69, 9.17) is 5.73 Å². The van der Waals surface area contributed by atoms with Crippen LogP contribution >= 0.6 is 0 Å². The van der Waals surface area contributed by atoms with Gasteiger partial charge in [-0.25, -0.2) is 0 Å². The number of nitrogens with zero attached hydrogens (tertiary/aromatic N) is 2. The second-order valence-electron chi connectivity index (χ2n) is 4.38. The molecule has 1 rings (SSSR count). The number of nitro groups is 1. The second-order valence-corrected chi connectivity index (χ2v) is 4.38. The molecule has 0 aliphatic rings. The van der Waals surface area contributed by atoms with Crippen molar-refractivity contribution in [1.29, 1.82) is 0 Å². The third-order valence-electron chi connectivity index (χ3n) is 2.20. The van der Waals surface area contributed by atoms with Gasteiger partial charge in [0, 0.05) is 36.1 Å². The Bertz CT molecular complexity index is 406. The molecule has 1 atom stereocenters. The summed E-state index contributed by atoms with van der Waals surface area (Å²) in [7, 11) is 3.94. The Balaban J connectivity index is 2.80. The topological polar surface area (TPSA) is 84.4 Å². The van der Waals surface area contributed by atoms with Crippen molar-refractivity contribution < 1.29 is 4.92 Å². The van der Waals surface area contributed by atoms with Gasteiger partial charge in [0.25, 0.3) is 5.69 Å². The van der Waals surface area contributed by atoms with Crippen molar-refractivity contribution >= 4 is 17.1 Å². The molecule has 0 bridgehead atoms. The molecule has 3 N–H and O–H groups in total. The van der Waals surface area contributed by atoms with Crippen LogP contribution < -0.4 is 11.1 Å². The minimum absolute atomic E-state index is 0.00422. The van der Waals surface area contributed by atoms with E-state index in [0.29, 0.717) is 11.4 Å². The first-order valence-electron chi connectivity index (χ1n) is 5.34. The van der Waals surface area contributed by atoms with Crippen LogP contribution in [0.1, 0.15) is 6.92 Å². The van der Waals surface area contributed by atoms with Crippen molar-refractivity contribution in [3.05, 3.63) is 28.3 Å². The van der Waals surface area contributed by atoms with Gasteiger partial charge in [-0.05, 0) is 27.1 Å². The summed E-state index contributed by atoms with van der Waals surface area (Å²) < 4.78 is 0. The lowest BCUT2D eigenvalue weighted by molar-refractivity contribution is -0.384. The third-order valence-corrected chi connectivity index (χ3v) is 2.20. The van der Waals surface area contributed by atoms with Gasteiger partial charge < -0.3 is 16.0 Å². The maximum absolute atomic E-state index is 10.7. The molecule has 1 aromatic rings. The van der Waals surface area contributed by atoms with Crippen LogP contribution in [0.15, 0.2) is 18.2 Å². The Morgan fingerprint density at radius 2 is 2.12 bits per heavy atom. The van der Waals surface area contributed by atoms with Gasteiger partial charge in [-0.3, -0.25) is 10.1 Å². The van der Waals surface area contributed by atoms with E-state index in [0.717, 1.165) is 6.54 Å². The molecule has 0 aliphatic heterocycles. The van der Waals surface area contributed by atoms with Crippen LogP contribution in [-0.2, 0) is 0 Å². The molecular weight excluding hydrogens is 220 g/mol. The van der Waals surface area contributed by atoms with E-state index in [1.807, 2.05) is 25.9 Å². The fourth-order valence-electron chi connectivity index (χ4n) is 1.70. The zero-order valence-electron chi connectivity index (χ0n) is 10.3. The Labute approximate surface area is 101 Å². The van der Waals surface area contributed by atoms with Crippen LogP contribution in [0, 0.1) is 10.1 Å². The first-order valence-corrected chi connectivity index (χ1v) is 5.34. The molecule has 0 spiro atoms. The number of anilines is 2. The molecule has 0 saturated carbocycles. The quantitative estimate of drug-likeness (QED) is 0.462. The van der Waals surface area contributed by atoms with Gasteiger partial charge in [0.2, 0.25) is 0 Å². The fraction of sp³-hybridized carbons (Fsp3) is 0.455. The standard InChI is InChI=1S/C11H18N4O2/c1-8(7-14(2)3)13-10-4-9(12)5-11(6-10)15(16)17/h4-6,8,13H,7,12H2,1-3H3. The molecule has 0 saturated heterocycles. The lowest BCUT2D eigenvalue weighted by Gasteiger charge is -2.19. The summed E-state index contributed by atoms with van der Waals surface area (Å²) in [4.78, 5) is 12.3. The number of hydrogen-bond acceptors (Lipinski definition) is 5. The number of rotatable bonds is 5.